The number of amides is 1. The number of carbonyl (C=O) groups is 2. The van der Waals surface area contributed by atoms with Crippen LogP contribution in [0.2, 0.25) is 0 Å². The maximum atomic E-state index is 12.7. The highest BCUT2D eigenvalue weighted by Crippen LogP contribution is 2.25. The summed E-state index contributed by atoms with van der Waals surface area (Å²) >= 11 is 0. The van der Waals surface area contributed by atoms with Crippen LogP contribution >= 0.6 is 0 Å². The van der Waals surface area contributed by atoms with Gasteiger partial charge in [0.15, 0.2) is 0 Å². The Morgan fingerprint density at radius 3 is 2.58 bits per heavy atom. The molecule has 0 bridgehead atoms. The molecule has 0 aliphatic heterocycles. The van der Waals surface area contributed by atoms with Crippen LogP contribution in [0, 0.1) is 11.3 Å². The summed E-state index contributed by atoms with van der Waals surface area (Å²) in [7, 11) is 1.55. The minimum Gasteiger partial charge on any atom is -0.497 e. The molecule has 2 N–H and O–H groups in total. The van der Waals surface area contributed by atoms with E-state index in [1.54, 1.807) is 43.6 Å². The van der Waals surface area contributed by atoms with Gasteiger partial charge in [-0.2, -0.15) is 5.26 Å². The van der Waals surface area contributed by atoms with Crippen LogP contribution in [0.1, 0.15) is 21.9 Å². The van der Waals surface area contributed by atoms with E-state index in [9.17, 15) is 14.9 Å². The molecule has 4 rings (SSSR count). The van der Waals surface area contributed by atoms with Gasteiger partial charge in [-0.25, -0.2) is 4.79 Å². The number of furan rings is 1. The van der Waals surface area contributed by atoms with E-state index in [0.717, 1.165) is 10.9 Å². The van der Waals surface area contributed by atoms with Gasteiger partial charge in [-0.3, -0.25) is 4.79 Å². The predicted molar refractivity (Wildman–Crippen MR) is 122 cm³/mol. The first-order valence-corrected chi connectivity index (χ1v) is 9.95. The van der Waals surface area contributed by atoms with E-state index in [2.05, 4.69) is 5.32 Å². The Kier molecular flexibility index (Phi) is 5.96. The predicted octanol–water partition coefficient (Wildman–Crippen LogP) is 4.54. The molecule has 2 aromatic carbocycles. The third kappa shape index (κ3) is 4.62. The fraction of sp³-hybridized carbons (Fsp3) is 0.0800. The van der Waals surface area contributed by atoms with Crippen LogP contribution in [-0.4, -0.2) is 28.7 Å². The number of hydrogen-bond donors (Lipinski definition) is 2. The van der Waals surface area contributed by atoms with Gasteiger partial charge in [-0.15, -0.1) is 0 Å². The van der Waals surface area contributed by atoms with Gasteiger partial charge >= 0.3 is 5.97 Å². The van der Waals surface area contributed by atoms with E-state index >= 15 is 0 Å². The number of benzene rings is 2. The van der Waals surface area contributed by atoms with Crippen LogP contribution in [0.25, 0.3) is 17.0 Å². The topological polar surface area (TPSA) is 117 Å². The summed E-state index contributed by atoms with van der Waals surface area (Å²) in [5.41, 5.74) is 2.01. The SMILES string of the molecule is COc1ccc(NC(=O)/C(C#N)=C\c2cn(Cc3ccc(C(=O)O)o3)c3ccccc23)cc1. The highest BCUT2D eigenvalue weighted by atomic mass is 16.5. The number of para-hydroxylation sites is 1. The number of methoxy groups -OCH3 is 1. The Morgan fingerprint density at radius 2 is 1.91 bits per heavy atom. The lowest BCUT2D eigenvalue weighted by Gasteiger charge is -2.05. The van der Waals surface area contributed by atoms with Crippen molar-refractivity contribution in [3.8, 4) is 11.8 Å². The van der Waals surface area contributed by atoms with Crippen molar-refractivity contribution in [2.75, 3.05) is 12.4 Å². The van der Waals surface area contributed by atoms with Gasteiger partial charge in [0.05, 0.1) is 13.7 Å². The van der Waals surface area contributed by atoms with E-state index in [-0.39, 0.29) is 11.3 Å². The monoisotopic (exact) mass is 441 g/mol. The second-order valence-electron chi connectivity index (χ2n) is 7.15. The van der Waals surface area contributed by atoms with E-state index in [4.69, 9.17) is 14.3 Å². The number of carbonyl (C=O) groups excluding carboxylic acids is 1. The highest BCUT2D eigenvalue weighted by molar-refractivity contribution is 6.10. The van der Waals surface area contributed by atoms with Crippen LogP contribution in [0.15, 0.2) is 76.9 Å². The van der Waals surface area contributed by atoms with Crippen LogP contribution < -0.4 is 10.1 Å². The Morgan fingerprint density at radius 1 is 1.15 bits per heavy atom. The first-order chi connectivity index (χ1) is 16.0. The molecule has 33 heavy (non-hydrogen) atoms. The molecule has 8 nitrogen and oxygen atoms in total. The van der Waals surface area contributed by atoms with Gasteiger partial charge in [-0.05, 0) is 48.5 Å². The van der Waals surface area contributed by atoms with Crippen LogP contribution in [0.3, 0.4) is 0 Å². The molecule has 0 unspecified atom stereocenters. The normalized spacial score (nSPS) is 11.2. The zero-order chi connectivity index (χ0) is 23.4. The summed E-state index contributed by atoms with van der Waals surface area (Å²) in [6.07, 6.45) is 3.33. The fourth-order valence-electron chi connectivity index (χ4n) is 3.44. The summed E-state index contributed by atoms with van der Waals surface area (Å²) in [6.45, 7) is 0.293. The van der Waals surface area contributed by atoms with Crippen molar-refractivity contribution < 1.29 is 23.8 Å². The summed E-state index contributed by atoms with van der Waals surface area (Å²) in [4.78, 5) is 23.8. The number of aromatic carboxylic acids is 1. The van der Waals surface area contributed by atoms with Gasteiger partial charge in [0.25, 0.3) is 5.91 Å². The van der Waals surface area contributed by atoms with E-state index in [1.165, 1.54) is 12.1 Å². The molecule has 2 heterocycles. The quantitative estimate of drug-likeness (QED) is 0.321. The molecular weight excluding hydrogens is 422 g/mol. The summed E-state index contributed by atoms with van der Waals surface area (Å²) in [5, 5.41) is 22.2. The van der Waals surface area contributed by atoms with Gasteiger partial charge in [0.1, 0.15) is 23.2 Å². The third-order valence-corrected chi connectivity index (χ3v) is 5.03. The molecule has 2 aromatic heterocycles. The lowest BCUT2D eigenvalue weighted by atomic mass is 10.1. The smallest absolute Gasteiger partial charge is 0.371 e. The third-order valence-electron chi connectivity index (χ3n) is 5.03. The first kappa shape index (κ1) is 21.5. The average molecular weight is 441 g/mol. The maximum Gasteiger partial charge on any atom is 0.371 e. The van der Waals surface area contributed by atoms with E-state index in [1.807, 2.05) is 34.9 Å². The molecule has 0 saturated carbocycles. The molecule has 0 aliphatic carbocycles. The summed E-state index contributed by atoms with van der Waals surface area (Å²) < 4.78 is 12.4. The fourth-order valence-corrected chi connectivity index (χ4v) is 3.44. The molecule has 164 valence electrons. The van der Waals surface area contributed by atoms with E-state index < -0.39 is 11.9 Å². The Hall–Kier alpha value is -4.77. The first-order valence-electron chi connectivity index (χ1n) is 9.95. The number of anilines is 1. The number of ether oxygens (including phenoxy) is 1. The molecule has 1 amide bonds. The molecule has 0 aliphatic rings. The van der Waals surface area contributed by atoms with Gasteiger partial charge in [-0.1, -0.05) is 18.2 Å². The van der Waals surface area contributed by atoms with Crippen LogP contribution in [-0.2, 0) is 11.3 Å². The molecule has 0 radical (unpaired) electrons. The molecule has 0 spiro atoms. The largest absolute Gasteiger partial charge is 0.497 e. The second kappa shape index (κ2) is 9.16. The number of nitriles is 1. The number of carboxylic acid groups (broad SMARTS) is 1. The van der Waals surface area contributed by atoms with Crippen LogP contribution in [0.4, 0.5) is 5.69 Å². The Labute approximate surface area is 188 Å². The molecule has 0 atom stereocenters. The number of carboxylic acids is 1. The lowest BCUT2D eigenvalue weighted by molar-refractivity contribution is -0.112. The molecular formula is C25H19N3O5. The molecule has 0 fully saturated rings. The van der Waals surface area contributed by atoms with Crippen molar-refractivity contribution >= 4 is 34.5 Å². The van der Waals surface area contributed by atoms with Crippen molar-refractivity contribution in [2.45, 2.75) is 6.54 Å². The number of hydrogen-bond acceptors (Lipinski definition) is 5. The molecule has 0 saturated heterocycles. The number of nitrogens with one attached hydrogen (secondary N) is 1. The summed E-state index contributed by atoms with van der Waals surface area (Å²) in [6, 6.07) is 19.3. The zero-order valence-electron chi connectivity index (χ0n) is 17.6. The second-order valence-corrected chi connectivity index (χ2v) is 7.15. The van der Waals surface area contributed by atoms with Gasteiger partial charge in [0, 0.05) is 28.4 Å². The highest BCUT2D eigenvalue weighted by Gasteiger charge is 2.15. The maximum absolute atomic E-state index is 12.7. The molecule has 8 heteroatoms. The van der Waals surface area contributed by atoms with Crippen LogP contribution in [0.5, 0.6) is 5.75 Å². The number of nitrogens with zero attached hydrogens (tertiary/aromatic N) is 2. The average Bonchev–Trinajstić information content (AvgIpc) is 3.43. The number of aromatic nitrogens is 1. The lowest BCUT2D eigenvalue weighted by Crippen LogP contribution is -2.13. The Balaban J connectivity index is 1.63. The van der Waals surface area contributed by atoms with Gasteiger partial charge in [0.2, 0.25) is 5.76 Å². The molecule has 4 aromatic rings. The van der Waals surface area contributed by atoms with Crippen molar-refractivity contribution in [3.05, 3.63) is 89.5 Å². The van der Waals surface area contributed by atoms with Gasteiger partial charge < -0.3 is 24.1 Å². The van der Waals surface area contributed by atoms with Crippen molar-refractivity contribution in [3.63, 3.8) is 0 Å². The zero-order valence-corrected chi connectivity index (χ0v) is 17.6. The van der Waals surface area contributed by atoms with Crippen molar-refractivity contribution in [2.24, 2.45) is 0 Å². The minimum atomic E-state index is -1.14. The number of fused-ring (bicyclic) bond motifs is 1. The van der Waals surface area contributed by atoms with Crippen molar-refractivity contribution in [1.82, 2.24) is 4.57 Å². The van der Waals surface area contributed by atoms with E-state index in [0.29, 0.717) is 29.3 Å². The minimum absolute atomic E-state index is 0.0557. The van der Waals surface area contributed by atoms with Crippen molar-refractivity contribution in [1.29, 1.82) is 5.26 Å². The number of rotatable bonds is 7. The Bertz CT molecular complexity index is 1400. The summed E-state index contributed by atoms with van der Waals surface area (Å²) in [5.74, 6) is -0.672. The standard InChI is InChI=1S/C25H19N3O5/c1-32-19-8-6-18(7-9-19)27-24(29)16(13-26)12-17-14-28(22-5-3-2-4-21(17)22)15-20-10-11-23(33-20)25(30)31/h2-12,14H,15H2,1H3,(H,27,29)(H,30,31)/b16-12-.